The van der Waals surface area contributed by atoms with Gasteiger partial charge in [-0.25, -0.2) is 0 Å². The van der Waals surface area contributed by atoms with Gasteiger partial charge in [-0.2, -0.15) is 0 Å². The van der Waals surface area contributed by atoms with Crippen LogP contribution in [-0.4, -0.2) is 33.4 Å². The molecule has 1 aliphatic rings. The Kier molecular flexibility index (Phi) is 5.49. The Morgan fingerprint density at radius 1 is 1.04 bits per heavy atom. The van der Waals surface area contributed by atoms with Gasteiger partial charge in [-0.05, 0) is 37.1 Å². The number of fused-ring (bicyclic) bond motifs is 1. The summed E-state index contributed by atoms with van der Waals surface area (Å²) in [7, 11) is 0. The molecular formula is C21H25N3O. The van der Waals surface area contributed by atoms with Gasteiger partial charge in [-0.15, -0.1) is 0 Å². The number of carbonyl (C=O) groups is 1. The molecule has 0 N–H and O–H groups in total. The molecule has 1 aliphatic heterocycles. The van der Waals surface area contributed by atoms with Gasteiger partial charge in [0.2, 0.25) is 0 Å². The zero-order valence-corrected chi connectivity index (χ0v) is 15.0. The number of hydrogen-bond acceptors (Lipinski definition) is 2. The maximum Gasteiger partial charge on any atom is 0.270 e. The van der Waals surface area contributed by atoms with Crippen LogP contribution in [0.3, 0.4) is 0 Å². The van der Waals surface area contributed by atoms with Gasteiger partial charge in [0.15, 0.2) is 0 Å². The lowest BCUT2D eigenvalue weighted by Crippen LogP contribution is -2.29. The number of pyridine rings is 1. The fourth-order valence-corrected chi connectivity index (χ4v) is 3.17. The van der Waals surface area contributed by atoms with Crippen LogP contribution in [-0.2, 0) is 0 Å². The average molecular weight is 335 g/mol. The molecule has 0 bridgehead atoms. The van der Waals surface area contributed by atoms with Crippen molar-refractivity contribution in [2.75, 3.05) is 13.1 Å². The van der Waals surface area contributed by atoms with Gasteiger partial charge >= 0.3 is 0 Å². The van der Waals surface area contributed by atoms with E-state index in [-0.39, 0.29) is 5.91 Å². The summed E-state index contributed by atoms with van der Waals surface area (Å²) in [4.78, 5) is 18.9. The van der Waals surface area contributed by atoms with Gasteiger partial charge in [-0.1, -0.05) is 38.5 Å². The molecule has 4 heteroatoms. The standard InChI is InChI=1S/C18H17N3O.C3H8/c22-18(20-11-3-4-12-20)17-13-14-5-1-2-6-16(14)21(17)15-7-9-19-10-8-15;1-3-2/h1-2,5-10,13H,3-4,11-12H2;3H2,1-2H3. The lowest BCUT2D eigenvalue weighted by Gasteiger charge is -2.17. The van der Waals surface area contributed by atoms with E-state index < -0.39 is 0 Å². The van der Waals surface area contributed by atoms with E-state index in [0.29, 0.717) is 0 Å². The molecule has 3 heterocycles. The van der Waals surface area contributed by atoms with E-state index in [2.05, 4.69) is 24.9 Å². The molecule has 0 atom stereocenters. The fourth-order valence-electron chi connectivity index (χ4n) is 3.17. The third kappa shape index (κ3) is 3.58. The first-order valence-corrected chi connectivity index (χ1v) is 9.06. The Hall–Kier alpha value is -2.62. The molecule has 4 rings (SSSR count). The highest BCUT2D eigenvalue weighted by molar-refractivity contribution is 6.00. The minimum Gasteiger partial charge on any atom is -0.337 e. The molecule has 0 unspecified atom stereocenters. The number of hydrogen-bond donors (Lipinski definition) is 0. The molecule has 0 spiro atoms. The summed E-state index contributed by atoms with van der Waals surface area (Å²) in [6.07, 6.45) is 6.96. The number of carbonyl (C=O) groups excluding carboxylic acids is 1. The highest BCUT2D eigenvalue weighted by Gasteiger charge is 2.24. The van der Waals surface area contributed by atoms with Gasteiger partial charge < -0.3 is 9.47 Å². The van der Waals surface area contributed by atoms with Crippen molar-refractivity contribution in [2.45, 2.75) is 33.1 Å². The average Bonchev–Trinajstić information content (AvgIpc) is 3.30. The molecule has 1 saturated heterocycles. The second kappa shape index (κ2) is 7.97. The van der Waals surface area contributed by atoms with Gasteiger partial charge in [0, 0.05) is 36.6 Å². The molecular weight excluding hydrogens is 310 g/mol. The molecule has 4 nitrogen and oxygen atoms in total. The summed E-state index contributed by atoms with van der Waals surface area (Å²) in [6, 6.07) is 14.0. The minimum absolute atomic E-state index is 0.116. The Bertz CT molecular complexity index is 833. The number of benzene rings is 1. The topological polar surface area (TPSA) is 38.1 Å². The third-order valence-corrected chi connectivity index (χ3v) is 4.24. The maximum atomic E-state index is 12.9. The van der Waals surface area contributed by atoms with Crippen LogP contribution in [0.25, 0.3) is 16.6 Å². The van der Waals surface area contributed by atoms with Gasteiger partial charge in [0.1, 0.15) is 5.69 Å². The molecule has 0 saturated carbocycles. The molecule has 0 radical (unpaired) electrons. The predicted octanol–water partition coefficient (Wildman–Crippen LogP) is 4.68. The zero-order chi connectivity index (χ0) is 17.6. The molecule has 130 valence electrons. The van der Waals surface area contributed by atoms with Crippen molar-refractivity contribution < 1.29 is 4.79 Å². The van der Waals surface area contributed by atoms with Crippen LogP contribution in [0, 0.1) is 0 Å². The van der Waals surface area contributed by atoms with Crippen LogP contribution < -0.4 is 0 Å². The van der Waals surface area contributed by atoms with E-state index in [0.717, 1.165) is 48.2 Å². The first-order valence-electron chi connectivity index (χ1n) is 9.06. The van der Waals surface area contributed by atoms with E-state index in [9.17, 15) is 4.79 Å². The highest BCUT2D eigenvalue weighted by Crippen LogP contribution is 2.26. The maximum absolute atomic E-state index is 12.9. The first kappa shape index (κ1) is 17.2. The van der Waals surface area contributed by atoms with E-state index in [1.54, 1.807) is 12.4 Å². The van der Waals surface area contributed by atoms with Crippen molar-refractivity contribution in [3.8, 4) is 5.69 Å². The molecule has 3 aromatic rings. The zero-order valence-electron chi connectivity index (χ0n) is 15.0. The Morgan fingerprint density at radius 3 is 2.36 bits per heavy atom. The van der Waals surface area contributed by atoms with Crippen molar-refractivity contribution >= 4 is 16.8 Å². The lowest BCUT2D eigenvalue weighted by atomic mass is 10.2. The van der Waals surface area contributed by atoms with Crippen LogP contribution >= 0.6 is 0 Å². The predicted molar refractivity (Wildman–Crippen MR) is 102 cm³/mol. The summed E-state index contributed by atoms with van der Waals surface area (Å²) in [6.45, 7) is 5.97. The van der Waals surface area contributed by atoms with E-state index in [1.165, 1.54) is 6.42 Å². The highest BCUT2D eigenvalue weighted by atomic mass is 16.2. The Morgan fingerprint density at radius 2 is 1.68 bits per heavy atom. The second-order valence-electron chi connectivity index (χ2n) is 6.34. The van der Waals surface area contributed by atoms with Crippen LogP contribution in [0.2, 0.25) is 0 Å². The van der Waals surface area contributed by atoms with E-state index >= 15 is 0 Å². The summed E-state index contributed by atoms with van der Waals surface area (Å²) < 4.78 is 2.04. The molecule has 1 aromatic carbocycles. The number of rotatable bonds is 2. The largest absolute Gasteiger partial charge is 0.337 e. The van der Waals surface area contributed by atoms with Crippen LogP contribution in [0.1, 0.15) is 43.6 Å². The van der Waals surface area contributed by atoms with Gasteiger partial charge in [0.05, 0.1) is 5.52 Å². The van der Waals surface area contributed by atoms with Crippen molar-refractivity contribution in [1.29, 1.82) is 0 Å². The summed E-state index contributed by atoms with van der Waals surface area (Å²) in [5.41, 5.74) is 2.75. The number of likely N-dealkylation sites (tertiary alicyclic amines) is 1. The normalized spacial score (nSPS) is 13.6. The second-order valence-corrected chi connectivity index (χ2v) is 6.34. The molecule has 0 aliphatic carbocycles. The third-order valence-electron chi connectivity index (χ3n) is 4.24. The van der Waals surface area contributed by atoms with Gasteiger partial charge in [0.25, 0.3) is 5.91 Å². The minimum atomic E-state index is 0.116. The van der Waals surface area contributed by atoms with E-state index in [4.69, 9.17) is 0 Å². The SMILES string of the molecule is CCC.O=C(c1cc2ccccc2n1-c1ccncc1)N1CCCC1. The van der Waals surface area contributed by atoms with Crippen molar-refractivity contribution in [3.05, 3.63) is 60.6 Å². The monoisotopic (exact) mass is 335 g/mol. The quantitative estimate of drug-likeness (QED) is 0.682. The number of nitrogens with zero attached hydrogens (tertiary/aromatic N) is 3. The van der Waals surface area contributed by atoms with Crippen LogP contribution in [0.5, 0.6) is 0 Å². The summed E-state index contributed by atoms with van der Waals surface area (Å²) >= 11 is 0. The number of aromatic nitrogens is 2. The number of amides is 1. The molecule has 25 heavy (non-hydrogen) atoms. The lowest BCUT2D eigenvalue weighted by molar-refractivity contribution is 0.0785. The van der Waals surface area contributed by atoms with Crippen molar-refractivity contribution in [2.24, 2.45) is 0 Å². The fraction of sp³-hybridized carbons (Fsp3) is 0.333. The number of para-hydroxylation sites is 1. The molecule has 2 aromatic heterocycles. The van der Waals surface area contributed by atoms with Crippen LogP contribution in [0.4, 0.5) is 0 Å². The Labute approximate surface area is 149 Å². The van der Waals surface area contributed by atoms with Crippen LogP contribution in [0.15, 0.2) is 54.9 Å². The molecule has 1 amide bonds. The van der Waals surface area contributed by atoms with Gasteiger partial charge in [-0.3, -0.25) is 9.78 Å². The summed E-state index contributed by atoms with van der Waals surface area (Å²) in [5.74, 6) is 0.116. The van der Waals surface area contributed by atoms with Crippen molar-refractivity contribution in [1.82, 2.24) is 14.5 Å². The molecule has 1 fully saturated rings. The van der Waals surface area contributed by atoms with E-state index in [1.807, 2.05) is 45.9 Å². The van der Waals surface area contributed by atoms with Crippen molar-refractivity contribution in [3.63, 3.8) is 0 Å². The first-order chi connectivity index (χ1) is 12.3. The smallest absolute Gasteiger partial charge is 0.270 e. The Balaban J connectivity index is 0.000000569. The summed E-state index contributed by atoms with van der Waals surface area (Å²) in [5, 5.41) is 1.09.